The zero-order valence-corrected chi connectivity index (χ0v) is 14.8. The summed E-state index contributed by atoms with van der Waals surface area (Å²) in [6.07, 6.45) is 3.21. The number of nitrogens with one attached hydrogen (secondary N) is 1. The van der Waals surface area contributed by atoms with Gasteiger partial charge in [-0.1, -0.05) is 0 Å². The van der Waals surface area contributed by atoms with Gasteiger partial charge < -0.3 is 19.5 Å². The van der Waals surface area contributed by atoms with Crippen LogP contribution in [0.15, 0.2) is 67.0 Å². The molecule has 0 aliphatic heterocycles. The number of amides is 1. The highest BCUT2D eigenvalue weighted by Crippen LogP contribution is 2.31. The number of pyridine rings is 1. The Bertz CT molecular complexity index is 935. The van der Waals surface area contributed by atoms with Crippen molar-refractivity contribution in [2.24, 2.45) is 0 Å². The molecule has 0 spiro atoms. The van der Waals surface area contributed by atoms with Crippen LogP contribution in [0, 0.1) is 0 Å². The van der Waals surface area contributed by atoms with Gasteiger partial charge in [-0.2, -0.15) is 8.78 Å². The van der Waals surface area contributed by atoms with Crippen LogP contribution >= 0.6 is 0 Å². The summed E-state index contributed by atoms with van der Waals surface area (Å²) in [7, 11) is 1.33. The van der Waals surface area contributed by atoms with E-state index in [9.17, 15) is 13.6 Å². The summed E-state index contributed by atoms with van der Waals surface area (Å²) in [5, 5.41) is 2.62. The number of hydrogen-bond donors (Lipinski definition) is 1. The number of rotatable bonds is 7. The molecule has 0 aliphatic rings. The molecule has 0 unspecified atom stereocenters. The van der Waals surface area contributed by atoms with Gasteiger partial charge in [-0.25, -0.2) is 0 Å². The minimum Gasteiger partial charge on any atom is -0.493 e. The number of halogens is 2. The lowest BCUT2D eigenvalue weighted by Gasteiger charge is -2.12. The maximum absolute atomic E-state index is 12.5. The van der Waals surface area contributed by atoms with E-state index in [1.165, 1.54) is 25.3 Å². The number of ether oxygens (including phenoxy) is 3. The van der Waals surface area contributed by atoms with Crippen LogP contribution in [0.4, 0.5) is 14.5 Å². The van der Waals surface area contributed by atoms with Crippen molar-refractivity contribution in [1.82, 2.24) is 4.98 Å². The average molecular weight is 386 g/mol. The van der Waals surface area contributed by atoms with Crippen LogP contribution in [0.2, 0.25) is 0 Å². The first-order valence-corrected chi connectivity index (χ1v) is 8.17. The minimum atomic E-state index is -3.01. The summed E-state index contributed by atoms with van der Waals surface area (Å²) in [5.41, 5.74) is 0.655. The van der Waals surface area contributed by atoms with Gasteiger partial charge in [0, 0.05) is 23.5 Å². The highest BCUT2D eigenvalue weighted by molar-refractivity contribution is 6.04. The molecule has 6 nitrogen and oxygen atoms in total. The molecule has 0 saturated heterocycles. The van der Waals surface area contributed by atoms with E-state index in [0.29, 0.717) is 17.1 Å². The highest BCUT2D eigenvalue weighted by atomic mass is 19.3. The fourth-order valence-electron chi connectivity index (χ4n) is 2.36. The Balaban J connectivity index is 1.69. The summed E-state index contributed by atoms with van der Waals surface area (Å²) in [5.74, 6) is 0.665. The molecule has 1 aromatic heterocycles. The number of carbonyl (C=O) groups excluding carboxylic acids is 1. The van der Waals surface area contributed by atoms with Gasteiger partial charge in [0.2, 0.25) is 0 Å². The quantitative estimate of drug-likeness (QED) is 0.635. The summed E-state index contributed by atoms with van der Waals surface area (Å²) < 4.78 is 40.0. The molecule has 1 heterocycles. The second-order valence-corrected chi connectivity index (χ2v) is 5.51. The third-order valence-electron chi connectivity index (χ3n) is 3.62. The van der Waals surface area contributed by atoms with Crippen LogP contribution in [0.1, 0.15) is 10.4 Å². The molecule has 2 aromatic carbocycles. The topological polar surface area (TPSA) is 69.7 Å². The third kappa shape index (κ3) is 4.94. The van der Waals surface area contributed by atoms with E-state index >= 15 is 0 Å². The van der Waals surface area contributed by atoms with Crippen molar-refractivity contribution in [1.29, 1.82) is 0 Å². The van der Waals surface area contributed by atoms with Crippen molar-refractivity contribution in [3.05, 3.63) is 72.6 Å². The molecule has 1 N–H and O–H groups in total. The SMILES string of the molecule is COc1ccc(NC(=O)c2ccc(Oc3cccnc3)cc2)cc1OC(F)F. The van der Waals surface area contributed by atoms with Gasteiger partial charge in [-0.15, -0.1) is 0 Å². The zero-order valence-electron chi connectivity index (χ0n) is 14.8. The summed E-state index contributed by atoms with van der Waals surface area (Å²) >= 11 is 0. The van der Waals surface area contributed by atoms with E-state index < -0.39 is 12.5 Å². The van der Waals surface area contributed by atoms with E-state index in [2.05, 4.69) is 15.0 Å². The Morgan fingerprint density at radius 3 is 2.46 bits per heavy atom. The molecule has 1 amide bonds. The Morgan fingerprint density at radius 2 is 1.82 bits per heavy atom. The number of benzene rings is 2. The van der Waals surface area contributed by atoms with E-state index in [1.54, 1.807) is 48.8 Å². The summed E-state index contributed by atoms with van der Waals surface area (Å²) in [4.78, 5) is 16.3. The molecule has 28 heavy (non-hydrogen) atoms. The number of methoxy groups -OCH3 is 1. The smallest absolute Gasteiger partial charge is 0.387 e. The van der Waals surface area contributed by atoms with Gasteiger partial charge in [-0.05, 0) is 48.5 Å². The van der Waals surface area contributed by atoms with Crippen molar-refractivity contribution in [3.8, 4) is 23.0 Å². The first-order valence-electron chi connectivity index (χ1n) is 8.17. The van der Waals surface area contributed by atoms with Gasteiger partial charge in [-0.3, -0.25) is 9.78 Å². The number of carbonyl (C=O) groups is 1. The van der Waals surface area contributed by atoms with Crippen LogP contribution < -0.4 is 19.5 Å². The molecule has 0 aliphatic carbocycles. The van der Waals surface area contributed by atoms with Crippen molar-refractivity contribution >= 4 is 11.6 Å². The van der Waals surface area contributed by atoms with Crippen molar-refractivity contribution < 1.29 is 27.8 Å². The molecule has 0 atom stereocenters. The highest BCUT2D eigenvalue weighted by Gasteiger charge is 2.13. The van der Waals surface area contributed by atoms with Crippen LogP contribution in [0.25, 0.3) is 0 Å². The van der Waals surface area contributed by atoms with Crippen molar-refractivity contribution in [3.63, 3.8) is 0 Å². The second kappa shape index (κ2) is 8.81. The molecule has 0 fully saturated rings. The molecular weight excluding hydrogens is 370 g/mol. The van der Waals surface area contributed by atoms with Gasteiger partial charge in [0.1, 0.15) is 11.5 Å². The molecule has 0 saturated carbocycles. The first kappa shape index (κ1) is 19.1. The van der Waals surface area contributed by atoms with Crippen LogP contribution in [-0.4, -0.2) is 24.6 Å². The number of hydrogen-bond acceptors (Lipinski definition) is 5. The Labute approximate surface area is 159 Å². The number of anilines is 1. The Kier molecular flexibility index (Phi) is 6.01. The summed E-state index contributed by atoms with van der Waals surface area (Å²) in [6, 6.07) is 14.2. The van der Waals surface area contributed by atoms with E-state index in [0.717, 1.165) is 0 Å². The average Bonchev–Trinajstić information content (AvgIpc) is 2.69. The largest absolute Gasteiger partial charge is 0.493 e. The normalized spacial score (nSPS) is 10.4. The molecule has 8 heteroatoms. The van der Waals surface area contributed by atoms with E-state index in [-0.39, 0.29) is 17.2 Å². The number of nitrogens with zero attached hydrogens (tertiary/aromatic N) is 1. The predicted molar refractivity (Wildman–Crippen MR) is 98.3 cm³/mol. The third-order valence-corrected chi connectivity index (χ3v) is 3.62. The molecule has 0 radical (unpaired) electrons. The van der Waals surface area contributed by atoms with Gasteiger partial charge in [0.05, 0.1) is 13.3 Å². The first-order chi connectivity index (χ1) is 13.5. The monoisotopic (exact) mass is 386 g/mol. The fraction of sp³-hybridized carbons (Fsp3) is 0.100. The van der Waals surface area contributed by atoms with Gasteiger partial charge >= 0.3 is 6.61 Å². The zero-order chi connectivity index (χ0) is 19.9. The molecule has 3 rings (SSSR count). The maximum atomic E-state index is 12.5. The molecular formula is C20H16F2N2O4. The predicted octanol–water partition coefficient (Wildman–Crippen LogP) is 4.74. The molecule has 3 aromatic rings. The number of alkyl halides is 2. The van der Waals surface area contributed by atoms with E-state index in [4.69, 9.17) is 9.47 Å². The lowest BCUT2D eigenvalue weighted by molar-refractivity contribution is -0.0511. The van der Waals surface area contributed by atoms with E-state index in [1.807, 2.05) is 0 Å². The minimum absolute atomic E-state index is 0.134. The lowest BCUT2D eigenvalue weighted by atomic mass is 10.2. The number of aromatic nitrogens is 1. The maximum Gasteiger partial charge on any atom is 0.387 e. The van der Waals surface area contributed by atoms with Crippen LogP contribution in [-0.2, 0) is 0 Å². The lowest BCUT2D eigenvalue weighted by Crippen LogP contribution is -2.12. The standard InChI is InChI=1S/C20H16F2N2O4/c1-26-17-9-6-14(11-18(17)28-20(21)22)24-19(25)13-4-7-15(8-5-13)27-16-3-2-10-23-12-16/h2-12,20H,1H3,(H,24,25). The molecule has 0 bridgehead atoms. The second-order valence-electron chi connectivity index (χ2n) is 5.51. The Hall–Kier alpha value is -3.68. The Morgan fingerprint density at radius 1 is 1.04 bits per heavy atom. The van der Waals surface area contributed by atoms with Gasteiger partial charge in [0.25, 0.3) is 5.91 Å². The summed E-state index contributed by atoms with van der Waals surface area (Å²) in [6.45, 7) is -3.01. The van der Waals surface area contributed by atoms with Crippen LogP contribution in [0.5, 0.6) is 23.0 Å². The van der Waals surface area contributed by atoms with Crippen LogP contribution in [0.3, 0.4) is 0 Å². The molecule has 144 valence electrons. The van der Waals surface area contributed by atoms with Crippen molar-refractivity contribution in [2.75, 3.05) is 12.4 Å². The van der Waals surface area contributed by atoms with Gasteiger partial charge in [0.15, 0.2) is 11.5 Å². The fourth-order valence-corrected chi connectivity index (χ4v) is 2.36. The van der Waals surface area contributed by atoms with Crippen molar-refractivity contribution in [2.45, 2.75) is 6.61 Å².